The van der Waals surface area contributed by atoms with Crippen LogP contribution in [0.25, 0.3) is 0 Å². The van der Waals surface area contributed by atoms with E-state index in [1.54, 1.807) is 11.7 Å². The van der Waals surface area contributed by atoms with Crippen molar-refractivity contribution >= 4 is 11.3 Å². The maximum Gasteiger partial charge on any atom is 0.130 e. The molecule has 1 aromatic carbocycles. The molecule has 0 radical (unpaired) electrons. The molecule has 90 valence electrons. The third-order valence-electron chi connectivity index (χ3n) is 2.49. The van der Waals surface area contributed by atoms with E-state index in [1.807, 2.05) is 6.92 Å². The molecule has 1 N–H and O–H groups in total. The van der Waals surface area contributed by atoms with Crippen LogP contribution in [-0.4, -0.2) is 4.98 Å². The molecule has 0 fully saturated rings. The van der Waals surface area contributed by atoms with E-state index < -0.39 is 11.6 Å². The van der Waals surface area contributed by atoms with Gasteiger partial charge < -0.3 is 5.32 Å². The lowest BCUT2D eigenvalue weighted by Crippen LogP contribution is -2.18. The average Bonchev–Trinajstić information content (AvgIpc) is 2.78. The van der Waals surface area contributed by atoms with Crippen LogP contribution in [0.3, 0.4) is 0 Å². The molecule has 0 saturated heterocycles. The molecule has 0 aliphatic carbocycles. The first kappa shape index (κ1) is 12.1. The number of aromatic nitrogens is 1. The van der Waals surface area contributed by atoms with Crippen molar-refractivity contribution in [2.24, 2.45) is 0 Å². The number of thiazole rings is 1. The third-order valence-corrected chi connectivity index (χ3v) is 3.27. The zero-order valence-corrected chi connectivity index (χ0v) is 10.1. The highest BCUT2D eigenvalue weighted by molar-refractivity contribution is 7.09. The Morgan fingerprint density at radius 1 is 1.41 bits per heavy atom. The van der Waals surface area contributed by atoms with Gasteiger partial charge in [0.15, 0.2) is 0 Å². The van der Waals surface area contributed by atoms with Gasteiger partial charge in [-0.2, -0.15) is 0 Å². The van der Waals surface area contributed by atoms with Crippen LogP contribution in [0.15, 0.2) is 29.9 Å². The molecular formula is C12H12F2N2S. The van der Waals surface area contributed by atoms with Gasteiger partial charge in [-0.15, -0.1) is 11.3 Å². The molecule has 5 heteroatoms. The van der Waals surface area contributed by atoms with Gasteiger partial charge in [-0.1, -0.05) is 6.07 Å². The van der Waals surface area contributed by atoms with Gasteiger partial charge in [0, 0.05) is 35.3 Å². The van der Waals surface area contributed by atoms with Gasteiger partial charge in [-0.05, 0) is 13.0 Å². The molecule has 1 aromatic heterocycles. The Balaban J connectivity index is 2.01. The summed E-state index contributed by atoms with van der Waals surface area (Å²) in [5, 5.41) is 3.17. The molecule has 1 unspecified atom stereocenters. The molecule has 0 aliphatic heterocycles. The van der Waals surface area contributed by atoms with Gasteiger partial charge in [-0.3, -0.25) is 4.98 Å². The summed E-state index contributed by atoms with van der Waals surface area (Å²) in [6.45, 7) is 2.47. The molecule has 0 spiro atoms. The Labute approximate surface area is 102 Å². The summed E-state index contributed by atoms with van der Waals surface area (Å²) in [5.41, 5.74) is 2.22. The van der Waals surface area contributed by atoms with E-state index in [0.29, 0.717) is 12.1 Å². The number of nitrogens with zero attached hydrogens (tertiary/aromatic N) is 1. The Bertz CT molecular complexity index is 485. The van der Waals surface area contributed by atoms with Gasteiger partial charge in [0.2, 0.25) is 0 Å². The molecule has 1 atom stereocenters. The second-order valence-corrected chi connectivity index (χ2v) is 4.71. The summed E-state index contributed by atoms with van der Waals surface area (Å²) in [7, 11) is 0. The minimum atomic E-state index is -0.555. The fourth-order valence-corrected chi connectivity index (χ4v) is 2.09. The molecule has 0 saturated carbocycles. The summed E-state index contributed by atoms with van der Waals surface area (Å²) in [5.74, 6) is -1.07. The Morgan fingerprint density at radius 3 is 2.88 bits per heavy atom. The summed E-state index contributed by atoms with van der Waals surface area (Å²) in [6.07, 6.45) is 1.77. The van der Waals surface area contributed by atoms with E-state index in [4.69, 9.17) is 0 Å². The molecule has 2 rings (SSSR count). The minimum absolute atomic E-state index is 0.169. The summed E-state index contributed by atoms with van der Waals surface area (Å²) in [4.78, 5) is 5.04. The smallest absolute Gasteiger partial charge is 0.130 e. The number of hydrogen-bond donors (Lipinski definition) is 1. The quantitative estimate of drug-likeness (QED) is 0.905. The Morgan fingerprint density at radius 2 is 2.24 bits per heavy atom. The molecule has 0 bridgehead atoms. The Kier molecular flexibility index (Phi) is 3.81. The third kappa shape index (κ3) is 3.08. The highest BCUT2D eigenvalue weighted by atomic mass is 32.1. The molecular weight excluding hydrogens is 242 g/mol. The maximum atomic E-state index is 13.5. The molecule has 0 aliphatic rings. The summed E-state index contributed by atoms with van der Waals surface area (Å²) in [6, 6.07) is 3.47. The summed E-state index contributed by atoms with van der Waals surface area (Å²) < 4.78 is 26.2. The Hall–Kier alpha value is -1.33. The van der Waals surface area contributed by atoms with Crippen molar-refractivity contribution in [2.45, 2.75) is 19.5 Å². The van der Waals surface area contributed by atoms with E-state index in [0.717, 1.165) is 10.9 Å². The zero-order valence-electron chi connectivity index (χ0n) is 9.28. The first-order valence-electron chi connectivity index (χ1n) is 5.22. The van der Waals surface area contributed by atoms with Crippen LogP contribution < -0.4 is 5.32 Å². The SMILES string of the molecule is CC(NCc1cncs1)c1ccc(F)cc1F. The van der Waals surface area contributed by atoms with Gasteiger partial charge in [0.25, 0.3) is 0 Å². The fraction of sp³-hybridized carbons (Fsp3) is 0.250. The normalized spacial score (nSPS) is 12.6. The van der Waals surface area contributed by atoms with E-state index in [9.17, 15) is 8.78 Å². The second-order valence-electron chi connectivity index (χ2n) is 3.74. The van der Waals surface area contributed by atoms with Gasteiger partial charge >= 0.3 is 0 Å². The minimum Gasteiger partial charge on any atom is -0.305 e. The number of rotatable bonds is 4. The maximum absolute atomic E-state index is 13.5. The fourth-order valence-electron chi connectivity index (χ4n) is 1.55. The molecule has 2 aromatic rings. The lowest BCUT2D eigenvalue weighted by atomic mass is 10.1. The first-order valence-corrected chi connectivity index (χ1v) is 6.10. The van der Waals surface area contributed by atoms with Crippen LogP contribution in [0.1, 0.15) is 23.4 Å². The largest absolute Gasteiger partial charge is 0.305 e. The monoisotopic (exact) mass is 254 g/mol. The van der Waals surface area contributed by atoms with Crippen molar-refractivity contribution in [2.75, 3.05) is 0 Å². The van der Waals surface area contributed by atoms with Crippen LogP contribution in [0.5, 0.6) is 0 Å². The first-order chi connectivity index (χ1) is 8.16. The standard InChI is InChI=1S/C12H12F2N2S/c1-8(16-6-10-5-15-7-17-10)11-3-2-9(13)4-12(11)14/h2-5,7-8,16H,6H2,1H3. The number of benzene rings is 1. The highest BCUT2D eigenvalue weighted by Crippen LogP contribution is 2.18. The predicted octanol–water partition coefficient (Wildman–Crippen LogP) is 3.27. The van der Waals surface area contributed by atoms with E-state index in [1.165, 1.54) is 23.5 Å². The predicted molar refractivity (Wildman–Crippen MR) is 63.7 cm³/mol. The van der Waals surface area contributed by atoms with Crippen molar-refractivity contribution in [3.05, 3.63) is 52.0 Å². The van der Waals surface area contributed by atoms with Gasteiger partial charge in [-0.25, -0.2) is 8.78 Å². The molecule has 17 heavy (non-hydrogen) atoms. The lowest BCUT2D eigenvalue weighted by Gasteiger charge is -2.14. The highest BCUT2D eigenvalue weighted by Gasteiger charge is 2.11. The van der Waals surface area contributed by atoms with E-state index >= 15 is 0 Å². The second kappa shape index (κ2) is 5.33. The van der Waals surface area contributed by atoms with E-state index in [2.05, 4.69) is 10.3 Å². The van der Waals surface area contributed by atoms with Crippen molar-refractivity contribution in [3.8, 4) is 0 Å². The zero-order chi connectivity index (χ0) is 12.3. The van der Waals surface area contributed by atoms with Crippen molar-refractivity contribution in [1.82, 2.24) is 10.3 Å². The number of halogens is 2. The summed E-state index contributed by atoms with van der Waals surface area (Å²) >= 11 is 1.54. The van der Waals surface area contributed by atoms with Crippen molar-refractivity contribution in [1.29, 1.82) is 0 Å². The van der Waals surface area contributed by atoms with Crippen LogP contribution in [0.2, 0.25) is 0 Å². The number of hydrogen-bond acceptors (Lipinski definition) is 3. The van der Waals surface area contributed by atoms with Gasteiger partial charge in [0.05, 0.1) is 5.51 Å². The molecule has 1 heterocycles. The van der Waals surface area contributed by atoms with Crippen LogP contribution in [0, 0.1) is 11.6 Å². The number of nitrogens with one attached hydrogen (secondary N) is 1. The van der Waals surface area contributed by atoms with Crippen LogP contribution in [0.4, 0.5) is 8.78 Å². The van der Waals surface area contributed by atoms with Crippen molar-refractivity contribution < 1.29 is 8.78 Å². The molecule has 0 amide bonds. The lowest BCUT2D eigenvalue weighted by molar-refractivity contribution is 0.519. The van der Waals surface area contributed by atoms with Gasteiger partial charge in [0.1, 0.15) is 11.6 Å². The topological polar surface area (TPSA) is 24.9 Å². The van der Waals surface area contributed by atoms with Crippen LogP contribution >= 0.6 is 11.3 Å². The van der Waals surface area contributed by atoms with Crippen LogP contribution in [-0.2, 0) is 6.54 Å². The molecule has 2 nitrogen and oxygen atoms in total. The average molecular weight is 254 g/mol. The van der Waals surface area contributed by atoms with E-state index in [-0.39, 0.29) is 6.04 Å². The van der Waals surface area contributed by atoms with Crippen molar-refractivity contribution in [3.63, 3.8) is 0 Å².